The molecule has 0 radical (unpaired) electrons. The zero-order chi connectivity index (χ0) is 26.7. The number of hydrogen-bond acceptors (Lipinski definition) is 5. The van der Waals surface area contributed by atoms with Gasteiger partial charge < -0.3 is 9.84 Å². The zero-order valence-corrected chi connectivity index (χ0v) is 23.8. The highest BCUT2D eigenvalue weighted by Crippen LogP contribution is 2.33. The summed E-state index contributed by atoms with van der Waals surface area (Å²) in [6.45, 7) is 4.21. The molecule has 0 saturated carbocycles. The number of hydrogen-bond donors (Lipinski definition) is 1. The van der Waals surface area contributed by atoms with E-state index in [2.05, 4.69) is 37.0 Å². The second kappa shape index (κ2) is 11.6. The molecule has 4 aromatic rings. The van der Waals surface area contributed by atoms with Crippen LogP contribution in [0.2, 0.25) is 5.02 Å². The molecule has 1 N–H and O–H groups in total. The molecule has 1 atom stereocenters. The summed E-state index contributed by atoms with van der Waals surface area (Å²) in [5.41, 5.74) is 1.87. The summed E-state index contributed by atoms with van der Waals surface area (Å²) in [6.07, 6.45) is 2.31. The van der Waals surface area contributed by atoms with Crippen LogP contribution in [-0.4, -0.2) is 27.0 Å². The second-order valence-corrected chi connectivity index (χ2v) is 10.6. The number of carboxylic acids is 1. The summed E-state index contributed by atoms with van der Waals surface area (Å²) in [5, 5.41) is 14.5. The van der Waals surface area contributed by atoms with Crippen molar-refractivity contribution in [3.63, 3.8) is 0 Å². The number of ether oxygens (including phenoxy) is 1. The minimum Gasteiger partial charge on any atom is -0.487 e. The van der Waals surface area contributed by atoms with Crippen LogP contribution in [0.4, 0.5) is 0 Å². The molecule has 3 aromatic carbocycles. The molecule has 0 spiro atoms. The molecule has 10 heteroatoms. The molecule has 0 aliphatic heterocycles. The minimum atomic E-state index is -0.992. The highest BCUT2D eigenvalue weighted by Gasteiger charge is 2.16. The molecule has 190 valence electrons. The summed E-state index contributed by atoms with van der Waals surface area (Å²) in [7, 11) is 0. The Balaban J connectivity index is 1.74. The summed E-state index contributed by atoms with van der Waals surface area (Å²) < 4.78 is 8.77. The summed E-state index contributed by atoms with van der Waals surface area (Å²) in [5.74, 6) is 0.0354. The fourth-order valence-corrected chi connectivity index (χ4v) is 4.94. The minimum absolute atomic E-state index is 0.00603. The second-order valence-electron chi connectivity index (χ2n) is 8.40. The lowest BCUT2D eigenvalue weighted by molar-refractivity contribution is 0.0697. The molecule has 4 rings (SSSR count). The predicted octanol–water partition coefficient (Wildman–Crippen LogP) is 7.25. The number of carboxylic acid groups (broad SMARTS) is 1. The van der Waals surface area contributed by atoms with E-state index >= 15 is 0 Å². The van der Waals surface area contributed by atoms with Crippen molar-refractivity contribution < 1.29 is 14.6 Å². The SMILES string of the molecule is CC[C@H](C)c1nc2ccc(Br)cc2c(=O)n1N=Cc1cc(Cl)cc(Br)c1OCc1ccc(C(=O)O)cc1. The van der Waals surface area contributed by atoms with Gasteiger partial charge in [-0.2, -0.15) is 9.78 Å². The Morgan fingerprint density at radius 3 is 2.59 bits per heavy atom. The van der Waals surface area contributed by atoms with E-state index in [0.717, 1.165) is 16.5 Å². The summed E-state index contributed by atoms with van der Waals surface area (Å²) >= 11 is 13.2. The molecular formula is C27H22Br2ClN3O4. The fourth-order valence-electron chi connectivity index (χ4n) is 3.63. The van der Waals surface area contributed by atoms with Crippen LogP contribution in [0.5, 0.6) is 5.75 Å². The van der Waals surface area contributed by atoms with Gasteiger partial charge >= 0.3 is 5.97 Å². The summed E-state index contributed by atoms with van der Waals surface area (Å²) in [4.78, 5) is 29.3. The number of aromatic carboxylic acids is 1. The van der Waals surface area contributed by atoms with Gasteiger partial charge in [0.25, 0.3) is 5.56 Å². The van der Waals surface area contributed by atoms with E-state index in [-0.39, 0.29) is 23.6 Å². The van der Waals surface area contributed by atoms with E-state index < -0.39 is 5.97 Å². The van der Waals surface area contributed by atoms with Gasteiger partial charge in [-0.05, 0) is 70.4 Å². The van der Waals surface area contributed by atoms with Crippen LogP contribution in [0.15, 0.2) is 73.4 Å². The molecule has 1 aromatic heterocycles. The molecule has 0 aliphatic carbocycles. The number of benzene rings is 3. The van der Waals surface area contributed by atoms with E-state index in [4.69, 9.17) is 26.4 Å². The zero-order valence-electron chi connectivity index (χ0n) is 19.9. The third-order valence-corrected chi connectivity index (χ3v) is 7.12. The lowest BCUT2D eigenvalue weighted by Gasteiger charge is -2.15. The van der Waals surface area contributed by atoms with E-state index in [1.807, 2.05) is 26.0 Å². The molecule has 0 unspecified atom stereocenters. The topological polar surface area (TPSA) is 93.8 Å². The normalized spacial score (nSPS) is 12.2. The number of rotatable bonds is 8. The number of carbonyl (C=O) groups is 1. The third-order valence-electron chi connectivity index (χ3n) is 5.82. The standard InChI is InChI=1S/C27H22Br2ClN3O4/c1-3-15(2)25-32-23-9-8-19(28)11-21(23)26(34)33(25)31-13-18-10-20(30)12-22(29)24(18)37-14-16-4-6-17(7-5-16)27(35)36/h4-13,15H,3,14H2,1-2H3,(H,35,36)/t15-/m0/s1. The Morgan fingerprint density at radius 2 is 1.92 bits per heavy atom. The Labute approximate surface area is 235 Å². The van der Waals surface area contributed by atoms with E-state index in [9.17, 15) is 9.59 Å². The monoisotopic (exact) mass is 645 g/mol. The predicted molar refractivity (Wildman–Crippen MR) is 152 cm³/mol. The van der Waals surface area contributed by atoms with E-state index in [1.54, 1.807) is 30.3 Å². The largest absolute Gasteiger partial charge is 0.487 e. The van der Waals surface area contributed by atoms with Crippen molar-refractivity contribution in [2.45, 2.75) is 32.8 Å². The first-order valence-corrected chi connectivity index (χ1v) is 13.3. The van der Waals surface area contributed by atoms with Crippen LogP contribution in [-0.2, 0) is 6.61 Å². The van der Waals surface area contributed by atoms with Crippen LogP contribution in [0, 0.1) is 0 Å². The van der Waals surface area contributed by atoms with Gasteiger partial charge in [0.2, 0.25) is 0 Å². The quantitative estimate of drug-likeness (QED) is 0.204. The maximum absolute atomic E-state index is 13.4. The highest BCUT2D eigenvalue weighted by atomic mass is 79.9. The molecular weight excluding hydrogens is 626 g/mol. The van der Waals surface area contributed by atoms with Crippen molar-refractivity contribution in [3.05, 3.63) is 101 Å². The molecule has 0 saturated heterocycles. The van der Waals surface area contributed by atoms with E-state index in [1.165, 1.54) is 23.0 Å². The third kappa shape index (κ3) is 6.11. The van der Waals surface area contributed by atoms with Crippen molar-refractivity contribution in [1.82, 2.24) is 9.66 Å². The first-order chi connectivity index (χ1) is 17.7. The van der Waals surface area contributed by atoms with Crippen LogP contribution >= 0.6 is 43.5 Å². The molecule has 0 aliphatic rings. The highest BCUT2D eigenvalue weighted by molar-refractivity contribution is 9.10. The lowest BCUT2D eigenvalue weighted by atomic mass is 10.1. The smallest absolute Gasteiger partial charge is 0.335 e. The van der Waals surface area contributed by atoms with Gasteiger partial charge in [-0.3, -0.25) is 4.79 Å². The maximum Gasteiger partial charge on any atom is 0.335 e. The van der Waals surface area contributed by atoms with Crippen LogP contribution < -0.4 is 10.3 Å². The van der Waals surface area contributed by atoms with Crippen LogP contribution in [0.3, 0.4) is 0 Å². The first-order valence-electron chi connectivity index (χ1n) is 11.4. The molecule has 0 amide bonds. The van der Waals surface area contributed by atoms with Gasteiger partial charge in [-0.25, -0.2) is 9.78 Å². The Hall–Kier alpha value is -3.01. The number of aromatic nitrogens is 2. The Bertz CT molecular complexity index is 1570. The number of fused-ring (bicyclic) bond motifs is 1. The van der Waals surface area contributed by atoms with Gasteiger partial charge in [0.05, 0.1) is 27.2 Å². The van der Waals surface area contributed by atoms with Gasteiger partial charge in [0.1, 0.15) is 18.2 Å². The molecule has 0 bridgehead atoms. The number of halogens is 3. The number of nitrogens with zero attached hydrogens (tertiary/aromatic N) is 3. The van der Waals surface area contributed by atoms with Crippen molar-refractivity contribution in [2.75, 3.05) is 0 Å². The van der Waals surface area contributed by atoms with Crippen LogP contribution in [0.1, 0.15) is 53.5 Å². The first kappa shape index (κ1) is 27.0. The van der Waals surface area contributed by atoms with Crippen molar-refractivity contribution in [3.8, 4) is 5.75 Å². The van der Waals surface area contributed by atoms with Crippen molar-refractivity contribution in [2.24, 2.45) is 5.10 Å². The molecule has 1 heterocycles. The van der Waals surface area contributed by atoms with E-state index in [0.29, 0.717) is 37.5 Å². The van der Waals surface area contributed by atoms with Crippen LogP contribution in [0.25, 0.3) is 10.9 Å². The Kier molecular flexibility index (Phi) is 8.46. The molecule has 37 heavy (non-hydrogen) atoms. The molecule has 0 fully saturated rings. The van der Waals surface area contributed by atoms with Gasteiger partial charge in [0.15, 0.2) is 0 Å². The van der Waals surface area contributed by atoms with Gasteiger partial charge in [-0.15, -0.1) is 0 Å². The maximum atomic E-state index is 13.4. The fraction of sp³-hybridized carbons (Fsp3) is 0.185. The summed E-state index contributed by atoms with van der Waals surface area (Å²) in [6, 6.07) is 15.2. The average Bonchev–Trinajstić information content (AvgIpc) is 2.87. The average molecular weight is 648 g/mol. The Morgan fingerprint density at radius 1 is 1.19 bits per heavy atom. The molecule has 7 nitrogen and oxygen atoms in total. The van der Waals surface area contributed by atoms with Gasteiger partial charge in [-0.1, -0.05) is 53.5 Å². The van der Waals surface area contributed by atoms with Crippen molar-refractivity contribution >= 4 is 66.5 Å². The van der Waals surface area contributed by atoms with Gasteiger partial charge in [0, 0.05) is 21.0 Å². The lowest BCUT2D eigenvalue weighted by Crippen LogP contribution is -2.23. The van der Waals surface area contributed by atoms with Crippen molar-refractivity contribution in [1.29, 1.82) is 0 Å².